The highest BCUT2D eigenvalue weighted by Crippen LogP contribution is 2.06. The van der Waals surface area contributed by atoms with E-state index in [9.17, 15) is 4.79 Å². The molecule has 0 aliphatic carbocycles. The predicted molar refractivity (Wildman–Crippen MR) is 49.6 cm³/mol. The number of nitrogens with zero attached hydrogens (tertiary/aromatic N) is 2. The van der Waals surface area contributed by atoms with Crippen molar-refractivity contribution in [2.24, 2.45) is 0 Å². The molecule has 4 heteroatoms. The van der Waals surface area contributed by atoms with E-state index < -0.39 is 0 Å². The van der Waals surface area contributed by atoms with Crippen molar-refractivity contribution in [3.05, 3.63) is 27.7 Å². The summed E-state index contributed by atoms with van der Waals surface area (Å²) >= 11 is 0. The monoisotopic (exact) mass is 179 g/mol. The van der Waals surface area contributed by atoms with Crippen LogP contribution in [-0.2, 0) is 19.5 Å². The summed E-state index contributed by atoms with van der Waals surface area (Å²) in [4.78, 5) is 11.7. The lowest BCUT2D eigenvalue weighted by atomic mass is 10.1. The fraction of sp³-hybridized carbons (Fsp3) is 0.556. The second kappa shape index (κ2) is 3.30. The Morgan fingerprint density at radius 3 is 3.31 bits per heavy atom. The second-order valence-corrected chi connectivity index (χ2v) is 3.20. The maximum absolute atomic E-state index is 11.7. The molecule has 0 saturated carbocycles. The zero-order valence-corrected chi connectivity index (χ0v) is 7.71. The molecule has 4 nitrogen and oxygen atoms in total. The topological polar surface area (TPSA) is 46.9 Å². The first-order chi connectivity index (χ1) is 6.33. The predicted octanol–water partition coefficient (Wildman–Crippen LogP) is -0.0911. The molecule has 0 radical (unpaired) electrons. The van der Waals surface area contributed by atoms with Crippen molar-refractivity contribution in [1.29, 1.82) is 0 Å². The smallest absolute Gasteiger partial charge is 0.271 e. The Hall–Kier alpha value is -1.16. The standard InChI is InChI=1S/C9H13N3O/c1-2-12-9(13)8-6-10-4-3-7(8)5-11-12/h5,10H,2-4,6H2,1H3. The minimum atomic E-state index is 0.0622. The van der Waals surface area contributed by atoms with E-state index in [1.807, 2.05) is 13.1 Å². The molecule has 1 aromatic heterocycles. The summed E-state index contributed by atoms with van der Waals surface area (Å²) in [6, 6.07) is 0. The largest absolute Gasteiger partial charge is 0.312 e. The molecule has 0 amide bonds. The number of hydrogen-bond acceptors (Lipinski definition) is 3. The van der Waals surface area contributed by atoms with Gasteiger partial charge in [-0.3, -0.25) is 4.79 Å². The van der Waals surface area contributed by atoms with Gasteiger partial charge in [-0.15, -0.1) is 0 Å². The lowest BCUT2D eigenvalue weighted by Gasteiger charge is -2.16. The summed E-state index contributed by atoms with van der Waals surface area (Å²) in [5.74, 6) is 0. The van der Waals surface area contributed by atoms with Crippen molar-refractivity contribution in [3.8, 4) is 0 Å². The lowest BCUT2D eigenvalue weighted by Crippen LogP contribution is -2.34. The summed E-state index contributed by atoms with van der Waals surface area (Å²) < 4.78 is 1.51. The molecule has 0 bridgehead atoms. The molecule has 0 unspecified atom stereocenters. The van der Waals surface area contributed by atoms with E-state index in [0.717, 1.165) is 24.1 Å². The molecule has 1 aromatic rings. The quantitative estimate of drug-likeness (QED) is 0.655. The van der Waals surface area contributed by atoms with Crippen LogP contribution in [0.5, 0.6) is 0 Å². The Balaban J connectivity index is 2.55. The van der Waals surface area contributed by atoms with Gasteiger partial charge in [0.15, 0.2) is 0 Å². The molecule has 70 valence electrons. The van der Waals surface area contributed by atoms with Gasteiger partial charge in [0.2, 0.25) is 0 Å². The first kappa shape index (κ1) is 8.44. The molecule has 0 spiro atoms. The van der Waals surface area contributed by atoms with Gasteiger partial charge in [0.1, 0.15) is 0 Å². The third-order valence-electron chi connectivity index (χ3n) is 2.41. The minimum Gasteiger partial charge on any atom is -0.312 e. The molecule has 2 heterocycles. The van der Waals surface area contributed by atoms with Crippen molar-refractivity contribution in [2.45, 2.75) is 26.4 Å². The number of fused-ring (bicyclic) bond motifs is 1. The van der Waals surface area contributed by atoms with Gasteiger partial charge in [-0.1, -0.05) is 0 Å². The van der Waals surface area contributed by atoms with E-state index in [2.05, 4.69) is 10.4 Å². The average molecular weight is 179 g/mol. The Bertz CT molecular complexity index is 370. The molecular formula is C9H13N3O. The van der Waals surface area contributed by atoms with Crippen LogP contribution in [-0.4, -0.2) is 16.3 Å². The van der Waals surface area contributed by atoms with Gasteiger partial charge < -0.3 is 5.32 Å². The van der Waals surface area contributed by atoms with Crippen molar-refractivity contribution >= 4 is 0 Å². The molecule has 0 atom stereocenters. The highest BCUT2D eigenvalue weighted by molar-refractivity contribution is 5.23. The number of aromatic nitrogens is 2. The summed E-state index contributed by atoms with van der Waals surface area (Å²) in [5.41, 5.74) is 2.06. The third kappa shape index (κ3) is 1.37. The van der Waals surface area contributed by atoms with Crippen molar-refractivity contribution in [3.63, 3.8) is 0 Å². The maximum atomic E-state index is 11.7. The molecule has 2 rings (SSSR count). The highest BCUT2D eigenvalue weighted by Gasteiger charge is 2.13. The summed E-state index contributed by atoms with van der Waals surface area (Å²) in [6.45, 7) is 4.21. The SMILES string of the molecule is CCn1ncc2c(c1=O)CNCC2. The van der Waals surface area contributed by atoms with Gasteiger partial charge in [0.25, 0.3) is 5.56 Å². The van der Waals surface area contributed by atoms with Gasteiger partial charge in [0.05, 0.1) is 6.20 Å². The Kier molecular flexibility index (Phi) is 2.14. The normalized spacial score (nSPS) is 15.5. The Morgan fingerprint density at radius 1 is 1.69 bits per heavy atom. The van der Waals surface area contributed by atoms with Gasteiger partial charge in [-0.05, 0) is 25.5 Å². The fourth-order valence-corrected chi connectivity index (χ4v) is 1.63. The van der Waals surface area contributed by atoms with Crippen LogP contribution >= 0.6 is 0 Å². The number of aryl methyl sites for hydroxylation is 1. The van der Waals surface area contributed by atoms with Gasteiger partial charge in [-0.2, -0.15) is 5.10 Å². The van der Waals surface area contributed by atoms with Gasteiger partial charge in [-0.25, -0.2) is 4.68 Å². The lowest BCUT2D eigenvalue weighted by molar-refractivity contribution is 0.565. The van der Waals surface area contributed by atoms with E-state index in [1.165, 1.54) is 4.68 Å². The summed E-state index contributed by atoms with van der Waals surface area (Å²) in [7, 11) is 0. The van der Waals surface area contributed by atoms with Crippen LogP contribution in [0.4, 0.5) is 0 Å². The van der Waals surface area contributed by atoms with Crippen LogP contribution in [0, 0.1) is 0 Å². The van der Waals surface area contributed by atoms with Crippen LogP contribution in [0.1, 0.15) is 18.1 Å². The van der Waals surface area contributed by atoms with E-state index in [-0.39, 0.29) is 5.56 Å². The number of nitrogens with one attached hydrogen (secondary N) is 1. The molecule has 0 aromatic carbocycles. The molecular weight excluding hydrogens is 166 g/mol. The van der Waals surface area contributed by atoms with Crippen LogP contribution in [0.3, 0.4) is 0 Å². The number of rotatable bonds is 1. The first-order valence-electron chi connectivity index (χ1n) is 4.61. The van der Waals surface area contributed by atoms with E-state index >= 15 is 0 Å². The van der Waals surface area contributed by atoms with Crippen molar-refractivity contribution in [1.82, 2.24) is 15.1 Å². The fourth-order valence-electron chi connectivity index (χ4n) is 1.63. The third-order valence-corrected chi connectivity index (χ3v) is 2.41. The molecule has 0 saturated heterocycles. The first-order valence-corrected chi connectivity index (χ1v) is 4.61. The second-order valence-electron chi connectivity index (χ2n) is 3.20. The minimum absolute atomic E-state index is 0.0622. The molecule has 0 fully saturated rings. The van der Waals surface area contributed by atoms with Crippen LogP contribution in [0.25, 0.3) is 0 Å². The molecule has 13 heavy (non-hydrogen) atoms. The Labute approximate surface area is 76.6 Å². The van der Waals surface area contributed by atoms with E-state index in [0.29, 0.717) is 13.1 Å². The Morgan fingerprint density at radius 2 is 2.54 bits per heavy atom. The van der Waals surface area contributed by atoms with E-state index in [1.54, 1.807) is 0 Å². The van der Waals surface area contributed by atoms with Gasteiger partial charge in [0, 0.05) is 18.7 Å². The van der Waals surface area contributed by atoms with Crippen LogP contribution in [0.2, 0.25) is 0 Å². The summed E-state index contributed by atoms with van der Waals surface area (Å²) in [5, 5.41) is 7.28. The van der Waals surface area contributed by atoms with Gasteiger partial charge >= 0.3 is 0 Å². The molecule has 1 aliphatic rings. The maximum Gasteiger partial charge on any atom is 0.271 e. The number of hydrogen-bond donors (Lipinski definition) is 1. The zero-order chi connectivity index (χ0) is 9.26. The van der Waals surface area contributed by atoms with E-state index in [4.69, 9.17) is 0 Å². The molecule has 1 aliphatic heterocycles. The highest BCUT2D eigenvalue weighted by atomic mass is 16.1. The molecule has 1 N–H and O–H groups in total. The average Bonchev–Trinajstić information content (AvgIpc) is 2.19. The van der Waals surface area contributed by atoms with Crippen LogP contribution in [0.15, 0.2) is 11.0 Å². The zero-order valence-electron chi connectivity index (χ0n) is 7.71. The van der Waals surface area contributed by atoms with Crippen molar-refractivity contribution in [2.75, 3.05) is 6.54 Å². The summed E-state index contributed by atoms with van der Waals surface area (Å²) in [6.07, 6.45) is 2.74. The van der Waals surface area contributed by atoms with Crippen LogP contribution < -0.4 is 10.9 Å². The van der Waals surface area contributed by atoms with Crippen molar-refractivity contribution < 1.29 is 0 Å².